The monoisotopic (exact) mass is 248 g/mol. The van der Waals surface area contributed by atoms with Gasteiger partial charge in [-0.3, -0.25) is 28.8 Å². The molecule has 94 valence electrons. The van der Waals surface area contributed by atoms with Gasteiger partial charge in [-0.2, -0.15) is 4.98 Å². The van der Waals surface area contributed by atoms with E-state index in [1.807, 2.05) is 0 Å². The molecule has 0 radical (unpaired) electrons. The van der Waals surface area contributed by atoms with E-state index in [1.54, 1.807) is 0 Å². The van der Waals surface area contributed by atoms with Crippen LogP contribution in [0.1, 0.15) is 18.6 Å². The summed E-state index contributed by atoms with van der Waals surface area (Å²) < 4.78 is 2.50. The Bertz CT molecular complexity index is 711. The Morgan fingerprint density at radius 2 is 2.00 bits per heavy atom. The molecule has 0 bridgehead atoms. The number of aromatic nitrogens is 3. The highest BCUT2D eigenvalue weighted by Crippen LogP contribution is 2.12. The molecule has 2 aromatic heterocycles. The Morgan fingerprint density at radius 1 is 1.33 bits per heavy atom. The third kappa shape index (κ3) is 1.79. The smallest absolute Gasteiger partial charge is 0.264 e. The molecule has 0 aliphatic carbocycles. The Labute approximate surface area is 102 Å². The first-order valence-corrected chi connectivity index (χ1v) is 5.28. The van der Waals surface area contributed by atoms with E-state index in [-0.39, 0.29) is 29.0 Å². The van der Waals surface area contributed by atoms with Crippen LogP contribution < -0.4 is 10.9 Å². The van der Waals surface area contributed by atoms with Gasteiger partial charge < -0.3 is 0 Å². The fraction of sp³-hybridized carbons (Fsp3) is 0.273. The lowest BCUT2D eigenvalue weighted by molar-refractivity contribution is -0.114. The van der Waals surface area contributed by atoms with Crippen LogP contribution in [0.15, 0.2) is 17.1 Å². The molecule has 0 unspecified atom stereocenters. The lowest BCUT2D eigenvalue weighted by atomic mass is 10.4. The summed E-state index contributed by atoms with van der Waals surface area (Å²) in [5.41, 5.74) is -0.0712. The van der Waals surface area contributed by atoms with Crippen molar-refractivity contribution >= 4 is 28.8 Å². The minimum atomic E-state index is -0.335. The number of carbonyl (C=O) groups is 2. The summed E-state index contributed by atoms with van der Waals surface area (Å²) in [6.45, 7) is 2.69. The van der Waals surface area contributed by atoms with E-state index in [4.69, 9.17) is 0 Å². The van der Waals surface area contributed by atoms with E-state index in [2.05, 4.69) is 10.3 Å². The standard InChI is InChI=1S/C11H12N4O3/c1-6(16)12-11-13-9-8(10(18)14(11)3)4-5-15(9)7(2)17/h4-5H,1-3H3,(H,12,13,16). The van der Waals surface area contributed by atoms with E-state index in [1.165, 1.54) is 42.3 Å². The van der Waals surface area contributed by atoms with Gasteiger partial charge in [0.15, 0.2) is 5.65 Å². The van der Waals surface area contributed by atoms with Crippen LogP contribution in [0.4, 0.5) is 5.95 Å². The number of fused-ring (bicyclic) bond motifs is 1. The van der Waals surface area contributed by atoms with Crippen molar-refractivity contribution < 1.29 is 9.59 Å². The predicted octanol–water partition coefficient (Wildman–Crippen LogP) is 0.353. The van der Waals surface area contributed by atoms with Gasteiger partial charge in [0.2, 0.25) is 17.8 Å². The van der Waals surface area contributed by atoms with Gasteiger partial charge in [0.05, 0.1) is 5.39 Å². The zero-order valence-corrected chi connectivity index (χ0v) is 10.2. The molecule has 18 heavy (non-hydrogen) atoms. The largest absolute Gasteiger partial charge is 0.296 e. The molecule has 0 atom stereocenters. The van der Waals surface area contributed by atoms with Gasteiger partial charge >= 0.3 is 0 Å². The summed E-state index contributed by atoms with van der Waals surface area (Å²) in [6.07, 6.45) is 1.49. The van der Waals surface area contributed by atoms with E-state index in [9.17, 15) is 14.4 Å². The highest BCUT2D eigenvalue weighted by Gasteiger charge is 2.14. The second kappa shape index (κ2) is 4.10. The van der Waals surface area contributed by atoms with Crippen molar-refractivity contribution in [3.05, 3.63) is 22.6 Å². The maximum absolute atomic E-state index is 12.0. The number of rotatable bonds is 1. The van der Waals surface area contributed by atoms with Crippen LogP contribution in [0, 0.1) is 0 Å². The van der Waals surface area contributed by atoms with Gasteiger partial charge in [-0.1, -0.05) is 0 Å². The number of hydrogen-bond acceptors (Lipinski definition) is 4. The zero-order chi connectivity index (χ0) is 13.4. The van der Waals surface area contributed by atoms with Gasteiger partial charge in [-0.15, -0.1) is 0 Å². The second-order valence-corrected chi connectivity index (χ2v) is 3.92. The molecule has 2 aromatic rings. The van der Waals surface area contributed by atoms with Crippen molar-refractivity contribution in [3.8, 4) is 0 Å². The van der Waals surface area contributed by atoms with Gasteiger partial charge in [0.25, 0.3) is 5.56 Å². The van der Waals surface area contributed by atoms with Crippen LogP contribution in [0.3, 0.4) is 0 Å². The molecule has 7 heteroatoms. The molecule has 2 rings (SSSR count). The van der Waals surface area contributed by atoms with E-state index in [0.29, 0.717) is 5.39 Å². The average molecular weight is 248 g/mol. The number of nitrogens with zero attached hydrogens (tertiary/aromatic N) is 3. The molecule has 0 aliphatic rings. The Hall–Kier alpha value is -2.44. The number of anilines is 1. The normalized spacial score (nSPS) is 10.6. The average Bonchev–Trinajstić information content (AvgIpc) is 2.68. The van der Waals surface area contributed by atoms with Crippen molar-refractivity contribution in [2.24, 2.45) is 7.05 Å². The number of hydrogen-bond donors (Lipinski definition) is 1. The minimum absolute atomic E-state index is 0.112. The molecule has 0 saturated heterocycles. The molecule has 0 spiro atoms. The first kappa shape index (κ1) is 12.0. The Morgan fingerprint density at radius 3 is 2.56 bits per heavy atom. The highest BCUT2D eigenvalue weighted by molar-refractivity contribution is 5.91. The molecule has 2 heterocycles. The van der Waals surface area contributed by atoms with Gasteiger partial charge in [0.1, 0.15) is 0 Å². The summed E-state index contributed by atoms with van der Waals surface area (Å²) in [5, 5.41) is 2.79. The van der Waals surface area contributed by atoms with Gasteiger partial charge in [0, 0.05) is 27.1 Å². The van der Waals surface area contributed by atoms with E-state index < -0.39 is 0 Å². The van der Waals surface area contributed by atoms with Crippen LogP contribution in [0.25, 0.3) is 11.0 Å². The van der Waals surface area contributed by atoms with Crippen molar-refractivity contribution in [2.75, 3.05) is 5.32 Å². The molecule has 0 saturated carbocycles. The maximum atomic E-state index is 12.0. The second-order valence-electron chi connectivity index (χ2n) is 3.92. The van der Waals surface area contributed by atoms with Crippen LogP contribution in [0.5, 0.6) is 0 Å². The summed E-state index contributed by atoms with van der Waals surface area (Å²) in [6, 6.07) is 1.53. The van der Waals surface area contributed by atoms with E-state index in [0.717, 1.165) is 0 Å². The number of nitrogens with one attached hydrogen (secondary N) is 1. The van der Waals surface area contributed by atoms with Crippen molar-refractivity contribution in [3.63, 3.8) is 0 Å². The maximum Gasteiger partial charge on any atom is 0.264 e. The highest BCUT2D eigenvalue weighted by atomic mass is 16.2. The molecular formula is C11H12N4O3. The Balaban J connectivity index is 2.78. The SMILES string of the molecule is CC(=O)Nc1nc2c(ccn2C(C)=O)c(=O)n1C. The van der Waals surface area contributed by atoms with Gasteiger partial charge in [-0.05, 0) is 6.07 Å². The first-order valence-electron chi connectivity index (χ1n) is 5.28. The lowest BCUT2D eigenvalue weighted by Crippen LogP contribution is -2.24. The summed E-state index contributed by atoms with van der Waals surface area (Å²) in [5.74, 6) is -0.474. The molecule has 7 nitrogen and oxygen atoms in total. The molecule has 0 aromatic carbocycles. The van der Waals surface area contributed by atoms with Crippen LogP contribution >= 0.6 is 0 Å². The van der Waals surface area contributed by atoms with E-state index >= 15 is 0 Å². The topological polar surface area (TPSA) is 86.0 Å². The molecule has 1 amide bonds. The first-order chi connectivity index (χ1) is 8.41. The molecule has 0 fully saturated rings. The third-order valence-electron chi connectivity index (χ3n) is 2.55. The van der Waals surface area contributed by atoms with Crippen LogP contribution in [0.2, 0.25) is 0 Å². The lowest BCUT2D eigenvalue weighted by Gasteiger charge is -2.08. The third-order valence-corrected chi connectivity index (χ3v) is 2.55. The van der Waals surface area contributed by atoms with Crippen molar-refractivity contribution in [1.29, 1.82) is 0 Å². The van der Waals surface area contributed by atoms with Crippen molar-refractivity contribution in [2.45, 2.75) is 13.8 Å². The van der Waals surface area contributed by atoms with Crippen LogP contribution in [-0.2, 0) is 11.8 Å². The molecular weight excluding hydrogens is 236 g/mol. The predicted molar refractivity (Wildman–Crippen MR) is 65.6 cm³/mol. The summed E-state index contributed by atoms with van der Waals surface area (Å²) >= 11 is 0. The number of carbonyl (C=O) groups excluding carboxylic acids is 2. The molecule has 1 N–H and O–H groups in total. The van der Waals surface area contributed by atoms with Gasteiger partial charge in [-0.25, -0.2) is 0 Å². The fourth-order valence-electron chi connectivity index (χ4n) is 1.68. The minimum Gasteiger partial charge on any atom is -0.296 e. The summed E-state index contributed by atoms with van der Waals surface area (Å²) in [7, 11) is 1.51. The molecule has 0 aliphatic heterocycles. The van der Waals surface area contributed by atoms with Crippen molar-refractivity contribution in [1.82, 2.24) is 14.1 Å². The number of amides is 1. The van der Waals surface area contributed by atoms with Crippen LogP contribution in [-0.4, -0.2) is 25.9 Å². The quantitative estimate of drug-likeness (QED) is 0.789. The Kier molecular flexibility index (Phi) is 2.74. The summed E-state index contributed by atoms with van der Waals surface area (Å²) in [4.78, 5) is 38.6. The fourth-order valence-corrected chi connectivity index (χ4v) is 1.68. The zero-order valence-electron chi connectivity index (χ0n) is 10.2.